The van der Waals surface area contributed by atoms with Gasteiger partial charge in [-0.15, -0.1) is 0 Å². The van der Waals surface area contributed by atoms with Gasteiger partial charge in [-0.2, -0.15) is 0 Å². The summed E-state index contributed by atoms with van der Waals surface area (Å²) in [4.78, 5) is 13.8. The summed E-state index contributed by atoms with van der Waals surface area (Å²) in [5.74, 6) is -0.139. The summed E-state index contributed by atoms with van der Waals surface area (Å²) in [5, 5.41) is 10.6. The van der Waals surface area contributed by atoms with Crippen LogP contribution in [0.25, 0.3) is 5.52 Å². The van der Waals surface area contributed by atoms with E-state index in [-0.39, 0.29) is 5.82 Å². The number of nitrogens with two attached hydrogens (primary N) is 1. The number of imidazole rings is 1. The fourth-order valence-corrected chi connectivity index (χ4v) is 1.29. The molecule has 14 heavy (non-hydrogen) atoms. The molecule has 0 atom stereocenters. The summed E-state index contributed by atoms with van der Waals surface area (Å²) in [5.41, 5.74) is 6.75. The van der Waals surface area contributed by atoms with E-state index < -0.39 is 4.92 Å². The van der Waals surface area contributed by atoms with Gasteiger partial charge in [0.2, 0.25) is 6.33 Å². The molecule has 0 aliphatic heterocycles. The fourth-order valence-electron chi connectivity index (χ4n) is 1.29. The van der Waals surface area contributed by atoms with Crippen LogP contribution in [0.3, 0.4) is 0 Å². The number of aromatic nitrogens is 2. The third-order valence-electron chi connectivity index (χ3n) is 1.99. The average molecular weight is 192 g/mol. The first-order valence-corrected chi connectivity index (χ1v) is 4.02. The smallest absolute Gasteiger partial charge is 0.358 e. The monoisotopic (exact) mass is 192 g/mol. The zero-order valence-corrected chi connectivity index (χ0v) is 7.25. The van der Waals surface area contributed by atoms with Crippen LogP contribution in [0.2, 0.25) is 0 Å². The molecule has 6 heteroatoms. The molecule has 0 saturated carbocycles. The van der Waals surface area contributed by atoms with Gasteiger partial charge in [-0.25, -0.2) is 0 Å². The Morgan fingerprint density at radius 1 is 1.64 bits per heavy atom. The SMILES string of the molecule is NCc1ccn2cnc([N+](=O)[O-])c2c1. The van der Waals surface area contributed by atoms with Crippen molar-refractivity contribution in [1.29, 1.82) is 0 Å². The van der Waals surface area contributed by atoms with Crippen LogP contribution in [-0.4, -0.2) is 14.3 Å². The topological polar surface area (TPSA) is 86.5 Å². The molecule has 0 aromatic carbocycles. The largest absolute Gasteiger partial charge is 0.389 e. The Labute approximate surface area is 79.1 Å². The first kappa shape index (κ1) is 8.64. The van der Waals surface area contributed by atoms with Gasteiger partial charge < -0.3 is 15.8 Å². The second kappa shape index (κ2) is 3.08. The van der Waals surface area contributed by atoms with E-state index in [1.165, 1.54) is 6.33 Å². The summed E-state index contributed by atoms with van der Waals surface area (Å²) < 4.78 is 1.59. The van der Waals surface area contributed by atoms with Crippen LogP contribution < -0.4 is 5.73 Å². The third kappa shape index (κ3) is 1.21. The first-order valence-electron chi connectivity index (χ1n) is 4.02. The highest BCUT2D eigenvalue weighted by atomic mass is 16.6. The average Bonchev–Trinajstić information content (AvgIpc) is 2.59. The van der Waals surface area contributed by atoms with Crippen LogP contribution in [0.1, 0.15) is 5.56 Å². The van der Waals surface area contributed by atoms with E-state index in [0.717, 1.165) is 5.56 Å². The minimum atomic E-state index is -0.504. The molecule has 0 radical (unpaired) electrons. The van der Waals surface area contributed by atoms with Crippen LogP contribution in [0.4, 0.5) is 5.82 Å². The molecule has 2 N–H and O–H groups in total. The minimum absolute atomic E-state index is 0.139. The Bertz CT molecular complexity index is 491. The van der Waals surface area contributed by atoms with Crippen LogP contribution in [-0.2, 0) is 6.54 Å². The lowest BCUT2D eigenvalue weighted by molar-refractivity contribution is -0.387. The number of pyridine rings is 1. The number of hydrogen-bond donors (Lipinski definition) is 1. The minimum Gasteiger partial charge on any atom is -0.358 e. The lowest BCUT2D eigenvalue weighted by Gasteiger charge is -1.97. The van der Waals surface area contributed by atoms with E-state index in [9.17, 15) is 10.1 Å². The van der Waals surface area contributed by atoms with E-state index >= 15 is 0 Å². The normalized spacial score (nSPS) is 10.6. The molecule has 2 aromatic rings. The summed E-state index contributed by atoms with van der Waals surface area (Å²) in [6.45, 7) is 0.360. The first-order chi connectivity index (χ1) is 6.72. The number of hydrogen-bond acceptors (Lipinski definition) is 4. The predicted molar refractivity (Wildman–Crippen MR) is 49.7 cm³/mol. The molecule has 0 bridgehead atoms. The van der Waals surface area contributed by atoms with Crippen molar-refractivity contribution < 1.29 is 4.92 Å². The van der Waals surface area contributed by atoms with Crippen LogP contribution in [0.15, 0.2) is 24.7 Å². The Kier molecular flexibility index (Phi) is 1.90. The third-order valence-corrected chi connectivity index (χ3v) is 1.99. The molecule has 0 fully saturated rings. The van der Waals surface area contributed by atoms with Crippen molar-refractivity contribution >= 4 is 11.3 Å². The van der Waals surface area contributed by atoms with Gasteiger partial charge in [0, 0.05) is 12.7 Å². The second-order valence-electron chi connectivity index (χ2n) is 2.86. The number of fused-ring (bicyclic) bond motifs is 1. The molecule has 0 amide bonds. The van der Waals surface area contributed by atoms with Crippen molar-refractivity contribution in [3.63, 3.8) is 0 Å². The van der Waals surface area contributed by atoms with Gasteiger partial charge in [0.1, 0.15) is 5.52 Å². The number of nitrogens with zero attached hydrogens (tertiary/aromatic N) is 3. The summed E-state index contributed by atoms with van der Waals surface area (Å²) in [7, 11) is 0. The van der Waals surface area contributed by atoms with Gasteiger partial charge in [-0.05, 0) is 27.6 Å². The lowest BCUT2D eigenvalue weighted by Crippen LogP contribution is -1.97. The Balaban J connectivity index is 2.69. The molecule has 2 heterocycles. The maximum atomic E-state index is 10.6. The zero-order valence-electron chi connectivity index (χ0n) is 7.25. The van der Waals surface area contributed by atoms with Crippen molar-refractivity contribution in [2.24, 2.45) is 5.73 Å². The van der Waals surface area contributed by atoms with Crippen LogP contribution in [0.5, 0.6) is 0 Å². The van der Waals surface area contributed by atoms with Gasteiger partial charge in [-0.3, -0.25) is 4.40 Å². The van der Waals surface area contributed by atoms with Crippen molar-refractivity contribution in [3.05, 3.63) is 40.3 Å². The van der Waals surface area contributed by atoms with Gasteiger partial charge >= 0.3 is 5.82 Å². The molecule has 0 saturated heterocycles. The predicted octanol–water partition coefficient (Wildman–Crippen LogP) is 0.701. The Morgan fingerprint density at radius 2 is 2.43 bits per heavy atom. The van der Waals surface area contributed by atoms with E-state index in [2.05, 4.69) is 4.98 Å². The highest BCUT2D eigenvalue weighted by Gasteiger charge is 2.14. The fraction of sp³-hybridized carbons (Fsp3) is 0.125. The molecule has 0 aliphatic rings. The summed E-state index contributed by atoms with van der Waals surface area (Å²) >= 11 is 0. The number of rotatable bonds is 2. The number of nitro groups is 1. The van der Waals surface area contributed by atoms with Crippen LogP contribution in [0, 0.1) is 10.1 Å². The maximum Gasteiger partial charge on any atom is 0.389 e. The maximum absolute atomic E-state index is 10.6. The van der Waals surface area contributed by atoms with Crippen molar-refractivity contribution in [2.75, 3.05) is 0 Å². The molecule has 0 spiro atoms. The quantitative estimate of drug-likeness (QED) is 0.560. The zero-order chi connectivity index (χ0) is 10.1. The summed E-state index contributed by atoms with van der Waals surface area (Å²) in [6.07, 6.45) is 3.12. The molecule has 0 unspecified atom stereocenters. The van der Waals surface area contributed by atoms with Crippen molar-refractivity contribution in [2.45, 2.75) is 6.54 Å². The van der Waals surface area contributed by atoms with Gasteiger partial charge in [0.25, 0.3) is 0 Å². The molecular formula is C8H8N4O2. The summed E-state index contributed by atoms with van der Waals surface area (Å²) in [6, 6.07) is 3.48. The Morgan fingerprint density at radius 3 is 3.07 bits per heavy atom. The van der Waals surface area contributed by atoms with E-state index in [1.807, 2.05) is 0 Å². The highest BCUT2D eigenvalue weighted by molar-refractivity contribution is 5.62. The molecule has 72 valence electrons. The van der Waals surface area contributed by atoms with E-state index in [4.69, 9.17) is 5.73 Å². The van der Waals surface area contributed by atoms with E-state index in [1.54, 1.807) is 22.7 Å². The van der Waals surface area contributed by atoms with Gasteiger partial charge in [0.15, 0.2) is 0 Å². The van der Waals surface area contributed by atoms with Crippen molar-refractivity contribution in [1.82, 2.24) is 9.38 Å². The van der Waals surface area contributed by atoms with Crippen molar-refractivity contribution in [3.8, 4) is 0 Å². The van der Waals surface area contributed by atoms with E-state index in [0.29, 0.717) is 12.1 Å². The molecule has 0 aliphatic carbocycles. The Hall–Kier alpha value is -1.95. The molecule has 2 aromatic heterocycles. The van der Waals surface area contributed by atoms with Crippen LogP contribution >= 0.6 is 0 Å². The highest BCUT2D eigenvalue weighted by Crippen LogP contribution is 2.18. The van der Waals surface area contributed by atoms with Gasteiger partial charge in [-0.1, -0.05) is 0 Å². The lowest BCUT2D eigenvalue weighted by atomic mass is 10.2. The molecule has 2 rings (SSSR count). The molecular weight excluding hydrogens is 184 g/mol. The van der Waals surface area contributed by atoms with Gasteiger partial charge in [0.05, 0.1) is 0 Å². The molecule has 6 nitrogen and oxygen atoms in total. The second-order valence-corrected chi connectivity index (χ2v) is 2.86. The standard InChI is InChI=1S/C8H8N4O2/c9-4-6-1-2-11-5-10-8(12(13)14)7(11)3-6/h1-3,5H,4,9H2.